The molecule has 114 valence electrons. The molecule has 0 saturated heterocycles. The van der Waals surface area contributed by atoms with E-state index in [2.05, 4.69) is 11.9 Å². The molecule has 5 heteroatoms. The summed E-state index contributed by atoms with van der Waals surface area (Å²) in [6, 6.07) is 9.75. The highest BCUT2D eigenvalue weighted by atomic mass is 16.6. The van der Waals surface area contributed by atoms with Crippen molar-refractivity contribution in [1.82, 2.24) is 10.2 Å². The number of nitrogens with zero attached hydrogens (tertiary/aromatic N) is 1. The molecule has 0 saturated carbocycles. The summed E-state index contributed by atoms with van der Waals surface area (Å²) in [4.78, 5) is 13.4. The van der Waals surface area contributed by atoms with Crippen molar-refractivity contribution in [2.24, 2.45) is 0 Å². The summed E-state index contributed by atoms with van der Waals surface area (Å²) in [5.74, 6) is -0.00648. The maximum Gasteiger partial charge on any atom is 0.414 e. The van der Waals surface area contributed by atoms with E-state index in [1.807, 2.05) is 30.3 Å². The Labute approximate surface area is 126 Å². The van der Waals surface area contributed by atoms with Gasteiger partial charge in [-0.05, 0) is 26.3 Å². The van der Waals surface area contributed by atoms with Crippen molar-refractivity contribution in [2.75, 3.05) is 6.54 Å². The van der Waals surface area contributed by atoms with E-state index < -0.39 is 11.7 Å². The normalized spacial score (nSPS) is 10.6. The van der Waals surface area contributed by atoms with Crippen LogP contribution in [0.5, 0.6) is 0 Å². The fourth-order valence-corrected chi connectivity index (χ4v) is 1.67. The molecular weight excluding hydrogens is 266 g/mol. The maximum absolute atomic E-state index is 11.7. The Balaban J connectivity index is 2.65. The zero-order valence-corrected chi connectivity index (χ0v) is 12.8. The standard InChI is InChI=1S/C16H23N3O2/c1-5-11-19(12-13-9-7-6-8-10-13)14(17)18-15(20)21-16(2,3)4/h5-10H,1,11-12H2,2-4H3,(H2,17,18,20). The lowest BCUT2D eigenvalue weighted by Gasteiger charge is -2.25. The molecule has 5 nitrogen and oxygen atoms in total. The Morgan fingerprint density at radius 1 is 1.38 bits per heavy atom. The highest BCUT2D eigenvalue weighted by Crippen LogP contribution is 2.08. The summed E-state index contributed by atoms with van der Waals surface area (Å²) in [5, 5.41) is 10.4. The van der Waals surface area contributed by atoms with Crippen LogP contribution in [0.2, 0.25) is 0 Å². The lowest BCUT2D eigenvalue weighted by Crippen LogP contribution is -2.45. The highest BCUT2D eigenvalue weighted by Gasteiger charge is 2.19. The molecule has 1 rings (SSSR count). The average molecular weight is 289 g/mol. The lowest BCUT2D eigenvalue weighted by molar-refractivity contribution is 0.0556. The van der Waals surface area contributed by atoms with Gasteiger partial charge in [-0.2, -0.15) is 0 Å². The molecule has 1 aromatic carbocycles. The molecule has 1 amide bonds. The zero-order valence-electron chi connectivity index (χ0n) is 12.8. The number of guanidine groups is 1. The van der Waals surface area contributed by atoms with Gasteiger partial charge in [0.25, 0.3) is 0 Å². The molecule has 1 aromatic rings. The molecule has 0 aliphatic rings. The smallest absolute Gasteiger partial charge is 0.414 e. The monoisotopic (exact) mass is 289 g/mol. The lowest BCUT2D eigenvalue weighted by atomic mass is 10.2. The third-order valence-electron chi connectivity index (χ3n) is 2.50. The van der Waals surface area contributed by atoms with Crippen molar-refractivity contribution >= 4 is 12.1 Å². The van der Waals surface area contributed by atoms with Crippen LogP contribution in [-0.4, -0.2) is 29.1 Å². The van der Waals surface area contributed by atoms with E-state index >= 15 is 0 Å². The fraction of sp³-hybridized carbons (Fsp3) is 0.375. The first-order chi connectivity index (χ1) is 9.81. The van der Waals surface area contributed by atoms with Crippen LogP contribution in [0.1, 0.15) is 26.3 Å². The molecular formula is C16H23N3O2. The molecule has 0 aliphatic carbocycles. The molecule has 0 unspecified atom stereocenters. The van der Waals surface area contributed by atoms with Crippen molar-refractivity contribution in [3.05, 3.63) is 48.6 Å². The predicted molar refractivity (Wildman–Crippen MR) is 84.1 cm³/mol. The summed E-state index contributed by atoms with van der Waals surface area (Å²) in [7, 11) is 0. The minimum Gasteiger partial charge on any atom is -0.444 e. The number of ether oxygens (including phenoxy) is 1. The second-order valence-electron chi connectivity index (χ2n) is 5.63. The van der Waals surface area contributed by atoms with E-state index in [9.17, 15) is 4.79 Å². The molecule has 0 fully saturated rings. The highest BCUT2D eigenvalue weighted by molar-refractivity contribution is 5.92. The summed E-state index contributed by atoms with van der Waals surface area (Å²) >= 11 is 0. The molecule has 0 spiro atoms. The van der Waals surface area contributed by atoms with Gasteiger partial charge in [0.1, 0.15) is 5.60 Å². The number of benzene rings is 1. The average Bonchev–Trinajstić information content (AvgIpc) is 2.37. The van der Waals surface area contributed by atoms with Gasteiger partial charge in [-0.3, -0.25) is 10.7 Å². The number of alkyl carbamates (subject to hydrolysis) is 1. The van der Waals surface area contributed by atoms with Gasteiger partial charge in [-0.15, -0.1) is 6.58 Å². The van der Waals surface area contributed by atoms with Crippen molar-refractivity contribution in [3.8, 4) is 0 Å². The summed E-state index contributed by atoms with van der Waals surface area (Å²) < 4.78 is 5.14. The third-order valence-corrected chi connectivity index (χ3v) is 2.50. The number of amides is 1. The van der Waals surface area contributed by atoms with E-state index in [-0.39, 0.29) is 5.96 Å². The van der Waals surface area contributed by atoms with Crippen molar-refractivity contribution in [2.45, 2.75) is 32.9 Å². The minimum absolute atomic E-state index is 0.00648. The molecule has 0 bridgehead atoms. The summed E-state index contributed by atoms with van der Waals surface area (Å²) in [5.41, 5.74) is 0.461. The zero-order chi connectivity index (χ0) is 15.9. The van der Waals surface area contributed by atoms with Crippen molar-refractivity contribution < 1.29 is 9.53 Å². The first-order valence-corrected chi connectivity index (χ1v) is 6.80. The number of hydrogen-bond acceptors (Lipinski definition) is 3. The van der Waals surface area contributed by atoms with Crippen LogP contribution in [0, 0.1) is 5.41 Å². The Bertz CT molecular complexity index is 492. The molecule has 0 atom stereocenters. The third kappa shape index (κ3) is 6.61. The van der Waals surface area contributed by atoms with Gasteiger partial charge in [0.05, 0.1) is 0 Å². The van der Waals surface area contributed by atoms with Crippen LogP contribution < -0.4 is 5.32 Å². The minimum atomic E-state index is -0.630. The molecule has 0 aromatic heterocycles. The van der Waals surface area contributed by atoms with Crippen molar-refractivity contribution in [1.29, 1.82) is 5.41 Å². The van der Waals surface area contributed by atoms with Gasteiger partial charge in [-0.25, -0.2) is 4.79 Å². The van der Waals surface area contributed by atoms with Crippen LogP contribution in [0.25, 0.3) is 0 Å². The van der Waals surface area contributed by atoms with E-state index in [4.69, 9.17) is 10.1 Å². The Kier molecular flexibility index (Phi) is 5.96. The van der Waals surface area contributed by atoms with Crippen molar-refractivity contribution in [3.63, 3.8) is 0 Å². The second kappa shape index (κ2) is 7.47. The van der Waals surface area contributed by atoms with E-state index in [1.54, 1.807) is 31.7 Å². The van der Waals surface area contributed by atoms with Gasteiger partial charge in [0.2, 0.25) is 5.96 Å². The summed E-state index contributed by atoms with van der Waals surface area (Å²) in [6.07, 6.45) is 1.06. The van der Waals surface area contributed by atoms with Gasteiger partial charge in [-0.1, -0.05) is 36.4 Å². The molecule has 21 heavy (non-hydrogen) atoms. The van der Waals surface area contributed by atoms with E-state index in [0.29, 0.717) is 13.1 Å². The number of carbonyl (C=O) groups is 1. The SMILES string of the molecule is C=CCN(Cc1ccccc1)C(=N)NC(=O)OC(C)(C)C. The topological polar surface area (TPSA) is 65.4 Å². The van der Waals surface area contributed by atoms with Crippen LogP contribution in [0.3, 0.4) is 0 Å². The fourth-order valence-electron chi connectivity index (χ4n) is 1.67. The summed E-state index contributed by atoms with van der Waals surface area (Å²) in [6.45, 7) is 10.00. The molecule has 0 aliphatic heterocycles. The number of carbonyl (C=O) groups excluding carboxylic acids is 1. The maximum atomic E-state index is 11.7. The van der Waals surface area contributed by atoms with Crippen LogP contribution in [0.4, 0.5) is 4.79 Å². The van der Waals surface area contributed by atoms with Crippen LogP contribution in [-0.2, 0) is 11.3 Å². The molecule has 0 heterocycles. The van der Waals surface area contributed by atoms with Gasteiger partial charge >= 0.3 is 6.09 Å². The first kappa shape index (κ1) is 16.8. The van der Waals surface area contributed by atoms with Crippen LogP contribution in [0.15, 0.2) is 43.0 Å². The predicted octanol–water partition coefficient (Wildman–Crippen LogP) is 3.13. The van der Waals surface area contributed by atoms with Gasteiger partial charge < -0.3 is 9.64 Å². The second-order valence-corrected chi connectivity index (χ2v) is 5.63. The number of hydrogen-bond donors (Lipinski definition) is 2. The van der Waals surface area contributed by atoms with Gasteiger partial charge in [0, 0.05) is 13.1 Å². The Hall–Kier alpha value is -2.30. The Morgan fingerprint density at radius 3 is 2.52 bits per heavy atom. The number of nitrogens with one attached hydrogen (secondary N) is 2. The largest absolute Gasteiger partial charge is 0.444 e. The van der Waals surface area contributed by atoms with Gasteiger partial charge in [0.15, 0.2) is 0 Å². The quantitative estimate of drug-likeness (QED) is 0.508. The van der Waals surface area contributed by atoms with E-state index in [0.717, 1.165) is 5.56 Å². The Morgan fingerprint density at radius 2 is 2.00 bits per heavy atom. The molecule has 2 N–H and O–H groups in total. The molecule has 0 radical (unpaired) electrons. The van der Waals surface area contributed by atoms with Crippen LogP contribution >= 0.6 is 0 Å². The number of rotatable bonds is 4. The van der Waals surface area contributed by atoms with E-state index in [1.165, 1.54) is 0 Å². The first-order valence-electron chi connectivity index (χ1n) is 6.80.